The van der Waals surface area contributed by atoms with Gasteiger partial charge in [0.15, 0.2) is 5.69 Å². The highest BCUT2D eigenvalue weighted by atomic mass is 35.5. The summed E-state index contributed by atoms with van der Waals surface area (Å²) in [4.78, 5) is 16.7. The second kappa shape index (κ2) is 6.89. The zero-order valence-electron chi connectivity index (χ0n) is 14.6. The number of halogens is 5. The topological polar surface area (TPSA) is 60.9 Å². The van der Waals surface area contributed by atoms with E-state index in [-0.39, 0.29) is 33.2 Å². The lowest BCUT2D eigenvalue weighted by Crippen LogP contribution is -2.08. The quantitative estimate of drug-likeness (QED) is 0.403. The smallest absolute Gasteiger partial charge is 0.401 e. The van der Waals surface area contributed by atoms with Crippen molar-refractivity contribution in [2.45, 2.75) is 13.1 Å². The molecule has 29 heavy (non-hydrogen) atoms. The summed E-state index contributed by atoms with van der Waals surface area (Å²) in [6.07, 6.45) is -4.72. The molecule has 4 aromatic rings. The number of rotatable bonds is 2. The lowest BCUT2D eigenvalue weighted by atomic mass is 10.1. The Labute approximate surface area is 171 Å². The Balaban J connectivity index is 2.04. The van der Waals surface area contributed by atoms with Crippen molar-refractivity contribution in [3.05, 3.63) is 74.2 Å². The van der Waals surface area contributed by atoms with E-state index in [1.807, 2.05) is 0 Å². The SMILES string of the molecule is Cc1cc(Cl)cc2c(=O)oc(-c3cc(C(F)(F)F)nn3-c3ccccc3Cl)nc12. The van der Waals surface area contributed by atoms with E-state index in [1.165, 1.54) is 18.2 Å². The van der Waals surface area contributed by atoms with Crippen LogP contribution in [0.1, 0.15) is 11.3 Å². The Bertz CT molecular complexity index is 1310. The normalized spacial score (nSPS) is 11.9. The number of fused-ring (bicyclic) bond motifs is 1. The number of benzene rings is 2. The molecule has 0 aliphatic rings. The van der Waals surface area contributed by atoms with Crippen molar-refractivity contribution >= 4 is 34.1 Å². The predicted molar refractivity (Wildman–Crippen MR) is 103 cm³/mol. The second-order valence-electron chi connectivity index (χ2n) is 6.20. The number of hydrogen-bond acceptors (Lipinski definition) is 4. The molecular weight excluding hydrogens is 430 g/mol. The van der Waals surface area contributed by atoms with Crippen LogP contribution in [0, 0.1) is 6.92 Å². The van der Waals surface area contributed by atoms with Crippen LogP contribution in [0.2, 0.25) is 10.0 Å². The molecule has 0 fully saturated rings. The van der Waals surface area contributed by atoms with Crippen LogP contribution in [0.25, 0.3) is 28.2 Å². The van der Waals surface area contributed by atoms with Gasteiger partial charge >= 0.3 is 11.8 Å². The molecule has 4 rings (SSSR count). The first-order chi connectivity index (χ1) is 13.6. The standard InChI is InChI=1S/C19H10Cl2F3N3O2/c1-9-6-10(20)7-11-16(9)25-17(29-18(11)28)14-8-15(19(22,23)24)26-27(14)13-5-3-2-4-12(13)21/h2-8H,1H3. The van der Waals surface area contributed by atoms with Crippen LogP contribution < -0.4 is 5.63 Å². The van der Waals surface area contributed by atoms with Gasteiger partial charge in [-0.25, -0.2) is 14.5 Å². The van der Waals surface area contributed by atoms with Gasteiger partial charge in [0.25, 0.3) is 0 Å². The summed E-state index contributed by atoms with van der Waals surface area (Å²) in [5, 5.41) is 4.22. The van der Waals surface area contributed by atoms with Crippen molar-refractivity contribution in [3.63, 3.8) is 0 Å². The number of alkyl halides is 3. The Kier molecular flexibility index (Phi) is 4.63. The minimum absolute atomic E-state index is 0.124. The molecule has 0 amide bonds. The molecule has 0 N–H and O–H groups in total. The summed E-state index contributed by atoms with van der Waals surface area (Å²) in [5.41, 5.74) is -1.11. The molecule has 148 valence electrons. The summed E-state index contributed by atoms with van der Waals surface area (Å²) in [7, 11) is 0. The van der Waals surface area contributed by atoms with Crippen LogP contribution in [0.15, 0.2) is 51.7 Å². The monoisotopic (exact) mass is 439 g/mol. The van der Waals surface area contributed by atoms with Crippen molar-refractivity contribution in [1.82, 2.24) is 14.8 Å². The second-order valence-corrected chi connectivity index (χ2v) is 7.04. The van der Waals surface area contributed by atoms with E-state index in [0.717, 1.165) is 10.7 Å². The van der Waals surface area contributed by atoms with E-state index in [2.05, 4.69) is 10.1 Å². The van der Waals surface area contributed by atoms with E-state index in [9.17, 15) is 18.0 Å². The first-order valence-electron chi connectivity index (χ1n) is 8.18. The molecule has 0 saturated heterocycles. The summed E-state index contributed by atoms with van der Waals surface area (Å²) in [6, 6.07) is 9.95. The molecule has 0 radical (unpaired) electrons. The summed E-state index contributed by atoms with van der Waals surface area (Å²) in [5.74, 6) is -0.323. The molecule has 0 spiro atoms. The Morgan fingerprint density at radius 1 is 1.10 bits per heavy atom. The van der Waals surface area contributed by atoms with Crippen LogP contribution in [0.3, 0.4) is 0 Å². The maximum Gasteiger partial charge on any atom is 0.435 e. The average molecular weight is 440 g/mol. The van der Waals surface area contributed by atoms with Gasteiger partial charge in [-0.05, 0) is 36.8 Å². The van der Waals surface area contributed by atoms with Crippen molar-refractivity contribution in [2.75, 3.05) is 0 Å². The van der Waals surface area contributed by atoms with Crippen molar-refractivity contribution in [3.8, 4) is 17.3 Å². The average Bonchev–Trinajstić information content (AvgIpc) is 3.08. The van der Waals surface area contributed by atoms with E-state index >= 15 is 0 Å². The third-order valence-electron chi connectivity index (χ3n) is 4.19. The molecule has 2 heterocycles. The molecule has 0 aliphatic carbocycles. The minimum atomic E-state index is -4.72. The van der Waals surface area contributed by atoms with E-state index in [4.69, 9.17) is 27.6 Å². The molecule has 2 aromatic heterocycles. The lowest BCUT2D eigenvalue weighted by molar-refractivity contribution is -0.141. The first-order valence-corrected chi connectivity index (χ1v) is 8.94. The zero-order valence-corrected chi connectivity index (χ0v) is 16.1. The maximum absolute atomic E-state index is 13.3. The Hall–Kier alpha value is -2.84. The molecular formula is C19H10Cl2F3N3O2. The van der Waals surface area contributed by atoms with Crippen molar-refractivity contribution < 1.29 is 17.6 Å². The fourth-order valence-corrected chi connectivity index (χ4v) is 3.38. The molecule has 0 unspecified atom stereocenters. The van der Waals surface area contributed by atoms with E-state index in [0.29, 0.717) is 10.6 Å². The van der Waals surface area contributed by atoms with Gasteiger partial charge in [0.2, 0.25) is 5.89 Å². The molecule has 0 atom stereocenters. The summed E-state index contributed by atoms with van der Waals surface area (Å²) >= 11 is 12.1. The Morgan fingerprint density at radius 2 is 1.83 bits per heavy atom. The number of nitrogens with zero attached hydrogens (tertiary/aromatic N) is 3. The highest BCUT2D eigenvalue weighted by Crippen LogP contribution is 2.34. The fraction of sp³-hybridized carbons (Fsp3) is 0.105. The van der Waals surface area contributed by atoms with Gasteiger partial charge in [0.1, 0.15) is 5.69 Å². The van der Waals surface area contributed by atoms with Crippen LogP contribution in [-0.4, -0.2) is 14.8 Å². The van der Waals surface area contributed by atoms with Crippen molar-refractivity contribution in [1.29, 1.82) is 0 Å². The molecule has 5 nitrogen and oxygen atoms in total. The third-order valence-corrected chi connectivity index (χ3v) is 4.73. The van der Waals surface area contributed by atoms with Gasteiger partial charge in [-0.15, -0.1) is 0 Å². The van der Waals surface area contributed by atoms with Crippen LogP contribution >= 0.6 is 23.2 Å². The summed E-state index contributed by atoms with van der Waals surface area (Å²) in [6.45, 7) is 1.68. The molecule has 0 saturated carbocycles. The maximum atomic E-state index is 13.3. The highest BCUT2D eigenvalue weighted by Gasteiger charge is 2.36. The van der Waals surface area contributed by atoms with Gasteiger partial charge in [0.05, 0.1) is 21.6 Å². The number of aromatic nitrogens is 3. The van der Waals surface area contributed by atoms with Crippen LogP contribution in [-0.2, 0) is 6.18 Å². The van der Waals surface area contributed by atoms with E-state index < -0.39 is 17.5 Å². The van der Waals surface area contributed by atoms with Gasteiger partial charge < -0.3 is 4.42 Å². The first kappa shape index (κ1) is 19.5. The largest absolute Gasteiger partial charge is 0.435 e. The molecule has 2 aromatic carbocycles. The van der Waals surface area contributed by atoms with Crippen LogP contribution in [0.4, 0.5) is 13.2 Å². The van der Waals surface area contributed by atoms with Gasteiger partial charge in [-0.3, -0.25) is 0 Å². The number of hydrogen-bond donors (Lipinski definition) is 0. The number of aryl methyl sites for hydroxylation is 1. The van der Waals surface area contributed by atoms with Crippen molar-refractivity contribution in [2.24, 2.45) is 0 Å². The predicted octanol–water partition coefficient (Wildman–Crippen LogP) is 5.67. The highest BCUT2D eigenvalue weighted by molar-refractivity contribution is 6.32. The fourth-order valence-electron chi connectivity index (χ4n) is 2.90. The number of para-hydroxylation sites is 1. The van der Waals surface area contributed by atoms with Crippen LogP contribution in [0.5, 0.6) is 0 Å². The third kappa shape index (κ3) is 3.49. The minimum Gasteiger partial charge on any atom is -0.401 e. The van der Waals surface area contributed by atoms with E-state index in [1.54, 1.807) is 25.1 Å². The summed E-state index contributed by atoms with van der Waals surface area (Å²) < 4.78 is 46.1. The van der Waals surface area contributed by atoms with Gasteiger partial charge in [0, 0.05) is 11.1 Å². The van der Waals surface area contributed by atoms with Gasteiger partial charge in [-0.2, -0.15) is 18.3 Å². The zero-order chi connectivity index (χ0) is 20.9. The van der Waals surface area contributed by atoms with Gasteiger partial charge in [-0.1, -0.05) is 35.3 Å². The lowest BCUT2D eigenvalue weighted by Gasteiger charge is -2.09. The molecule has 10 heteroatoms. The molecule has 0 bridgehead atoms. The molecule has 0 aliphatic heterocycles. The Morgan fingerprint density at radius 3 is 2.52 bits per heavy atom.